The molecule has 0 radical (unpaired) electrons. The van der Waals surface area contributed by atoms with E-state index >= 15 is 0 Å². The van der Waals surface area contributed by atoms with Gasteiger partial charge in [0.2, 0.25) is 0 Å². The monoisotopic (exact) mass is 389 g/mol. The third-order valence-electron chi connectivity index (χ3n) is 5.11. The molecule has 1 atom stereocenters. The predicted octanol–water partition coefficient (Wildman–Crippen LogP) is 2.58. The van der Waals surface area contributed by atoms with E-state index in [1.54, 1.807) is 6.92 Å². The van der Waals surface area contributed by atoms with Gasteiger partial charge in [-0.15, -0.1) is 0 Å². The van der Waals surface area contributed by atoms with Gasteiger partial charge in [0.05, 0.1) is 12.5 Å². The zero-order chi connectivity index (χ0) is 20.7. The Morgan fingerprint density at radius 2 is 1.93 bits per heavy atom. The normalized spacial score (nSPS) is 16.4. The largest absolute Gasteiger partial charge is 0.466 e. The molecule has 154 valence electrons. The van der Waals surface area contributed by atoms with Crippen LogP contribution >= 0.6 is 0 Å². The number of piperidine rings is 1. The maximum absolute atomic E-state index is 12.6. The van der Waals surface area contributed by atoms with Crippen molar-refractivity contribution in [2.24, 2.45) is 5.92 Å². The molecule has 1 heterocycles. The second-order valence-electron chi connectivity index (χ2n) is 6.97. The van der Waals surface area contributed by atoms with Crippen molar-refractivity contribution >= 4 is 29.2 Å². The van der Waals surface area contributed by atoms with Crippen molar-refractivity contribution in [2.75, 3.05) is 43.0 Å². The van der Waals surface area contributed by atoms with E-state index in [0.717, 1.165) is 24.3 Å². The minimum atomic E-state index is -0.678. The number of carbonyl (C=O) groups excluding carboxylic acids is 3. The summed E-state index contributed by atoms with van der Waals surface area (Å²) in [5.74, 6) is -1.95. The highest BCUT2D eigenvalue weighted by molar-refractivity contribution is 6.39. The van der Waals surface area contributed by atoms with E-state index in [-0.39, 0.29) is 18.4 Å². The number of carbonyl (C=O) groups is 3. The van der Waals surface area contributed by atoms with Gasteiger partial charge in [-0.2, -0.15) is 0 Å². The second-order valence-corrected chi connectivity index (χ2v) is 6.97. The molecule has 1 saturated heterocycles. The number of rotatable bonds is 6. The average molecular weight is 389 g/mol. The number of aryl methyl sites for hydroxylation is 1. The molecule has 28 heavy (non-hydrogen) atoms. The second kappa shape index (κ2) is 10.1. The number of likely N-dealkylation sites (tertiary alicyclic amines) is 1. The summed E-state index contributed by atoms with van der Waals surface area (Å²) in [5.41, 5.74) is 2.60. The maximum atomic E-state index is 12.6. The molecule has 0 aromatic heterocycles. The van der Waals surface area contributed by atoms with Crippen molar-refractivity contribution < 1.29 is 19.1 Å². The molecule has 1 aliphatic heterocycles. The first-order valence-electron chi connectivity index (χ1n) is 10.0. The van der Waals surface area contributed by atoms with Gasteiger partial charge in [0, 0.05) is 37.6 Å². The van der Waals surface area contributed by atoms with Crippen molar-refractivity contribution in [1.29, 1.82) is 0 Å². The Bertz CT molecular complexity index is 716. The molecular weight excluding hydrogens is 358 g/mol. The van der Waals surface area contributed by atoms with Crippen molar-refractivity contribution in [3.63, 3.8) is 0 Å². The fourth-order valence-electron chi connectivity index (χ4n) is 3.51. The van der Waals surface area contributed by atoms with Crippen LogP contribution in [0.3, 0.4) is 0 Å². The van der Waals surface area contributed by atoms with Crippen LogP contribution in [0.25, 0.3) is 0 Å². The minimum Gasteiger partial charge on any atom is -0.466 e. The number of nitrogens with zero attached hydrogens (tertiary/aromatic N) is 2. The zero-order valence-corrected chi connectivity index (χ0v) is 17.3. The van der Waals surface area contributed by atoms with E-state index < -0.39 is 11.8 Å². The van der Waals surface area contributed by atoms with E-state index in [4.69, 9.17) is 4.74 Å². The van der Waals surface area contributed by atoms with Crippen LogP contribution in [0.1, 0.15) is 39.2 Å². The van der Waals surface area contributed by atoms with Crippen molar-refractivity contribution in [1.82, 2.24) is 4.90 Å². The molecule has 1 fully saturated rings. The van der Waals surface area contributed by atoms with E-state index in [0.29, 0.717) is 31.7 Å². The summed E-state index contributed by atoms with van der Waals surface area (Å²) >= 11 is 0. The standard InChI is InChI=1S/C21H31N3O4/c1-5-23(6-2)17-10-11-18(15(4)13-17)22-19(25)20(26)24-12-8-9-16(14-24)21(27)28-7-3/h10-11,13,16H,5-9,12,14H2,1-4H3,(H,22,25). The number of esters is 1. The molecule has 0 bridgehead atoms. The number of amides is 2. The molecule has 1 aliphatic rings. The highest BCUT2D eigenvalue weighted by atomic mass is 16.5. The SMILES string of the molecule is CCOC(=O)C1CCCN(C(=O)C(=O)Nc2ccc(N(CC)CC)cc2C)C1. The molecule has 7 heteroatoms. The van der Waals surface area contributed by atoms with Crippen LogP contribution in [0, 0.1) is 12.8 Å². The lowest BCUT2D eigenvalue weighted by Crippen LogP contribution is -2.47. The van der Waals surface area contributed by atoms with Gasteiger partial charge in [0.1, 0.15) is 0 Å². The third-order valence-corrected chi connectivity index (χ3v) is 5.11. The van der Waals surface area contributed by atoms with E-state index in [2.05, 4.69) is 24.1 Å². The van der Waals surface area contributed by atoms with Crippen LogP contribution in [-0.4, -0.2) is 55.5 Å². The average Bonchev–Trinajstić information content (AvgIpc) is 2.70. The molecule has 1 unspecified atom stereocenters. The number of ether oxygens (including phenoxy) is 1. The summed E-state index contributed by atoms with van der Waals surface area (Å²) in [4.78, 5) is 40.6. The van der Waals surface area contributed by atoms with E-state index in [1.807, 2.05) is 25.1 Å². The van der Waals surface area contributed by atoms with Crippen LogP contribution < -0.4 is 10.2 Å². The van der Waals surface area contributed by atoms with Gasteiger partial charge in [0.15, 0.2) is 0 Å². The van der Waals surface area contributed by atoms with Crippen LogP contribution in [0.4, 0.5) is 11.4 Å². The molecule has 1 aromatic carbocycles. The molecule has 1 N–H and O–H groups in total. The topological polar surface area (TPSA) is 78.9 Å². The lowest BCUT2D eigenvalue weighted by Gasteiger charge is -2.31. The van der Waals surface area contributed by atoms with Crippen molar-refractivity contribution in [3.8, 4) is 0 Å². The van der Waals surface area contributed by atoms with Crippen LogP contribution in [0.2, 0.25) is 0 Å². The summed E-state index contributed by atoms with van der Waals surface area (Å²) in [6.45, 7) is 10.7. The number of anilines is 2. The van der Waals surface area contributed by atoms with Gasteiger partial charge in [-0.25, -0.2) is 0 Å². The first-order chi connectivity index (χ1) is 13.4. The minimum absolute atomic E-state index is 0.227. The summed E-state index contributed by atoms with van der Waals surface area (Å²) < 4.78 is 5.05. The number of benzene rings is 1. The summed E-state index contributed by atoms with van der Waals surface area (Å²) in [7, 11) is 0. The molecule has 0 spiro atoms. The lowest BCUT2D eigenvalue weighted by atomic mass is 9.98. The van der Waals surface area contributed by atoms with Crippen molar-refractivity contribution in [2.45, 2.75) is 40.5 Å². The van der Waals surface area contributed by atoms with E-state index in [9.17, 15) is 14.4 Å². The van der Waals surface area contributed by atoms with Gasteiger partial charge in [-0.05, 0) is 64.3 Å². The van der Waals surface area contributed by atoms with Gasteiger partial charge in [-0.1, -0.05) is 0 Å². The Morgan fingerprint density at radius 1 is 1.21 bits per heavy atom. The first kappa shape index (κ1) is 21.7. The molecular formula is C21H31N3O4. The number of hydrogen-bond donors (Lipinski definition) is 1. The molecule has 0 saturated carbocycles. The smallest absolute Gasteiger partial charge is 0.313 e. The maximum Gasteiger partial charge on any atom is 0.313 e. The highest BCUT2D eigenvalue weighted by Crippen LogP contribution is 2.23. The van der Waals surface area contributed by atoms with E-state index in [1.165, 1.54) is 4.90 Å². The number of hydrogen-bond acceptors (Lipinski definition) is 5. The molecule has 2 rings (SSSR count). The van der Waals surface area contributed by atoms with Crippen LogP contribution in [-0.2, 0) is 19.1 Å². The lowest BCUT2D eigenvalue weighted by molar-refractivity contribution is -0.153. The van der Waals surface area contributed by atoms with Gasteiger partial charge < -0.3 is 19.9 Å². The molecule has 0 aliphatic carbocycles. The Hall–Kier alpha value is -2.57. The van der Waals surface area contributed by atoms with Crippen LogP contribution in [0.5, 0.6) is 0 Å². The Morgan fingerprint density at radius 3 is 2.54 bits per heavy atom. The molecule has 1 aromatic rings. The Kier molecular flexibility index (Phi) is 7.84. The highest BCUT2D eigenvalue weighted by Gasteiger charge is 2.32. The Labute approximate surface area is 167 Å². The Balaban J connectivity index is 2.02. The quantitative estimate of drug-likeness (QED) is 0.598. The summed E-state index contributed by atoms with van der Waals surface area (Å²) in [6.07, 6.45) is 1.36. The molecule has 7 nitrogen and oxygen atoms in total. The van der Waals surface area contributed by atoms with Crippen LogP contribution in [0.15, 0.2) is 18.2 Å². The summed E-state index contributed by atoms with van der Waals surface area (Å²) in [5, 5.41) is 2.71. The number of nitrogens with one attached hydrogen (secondary N) is 1. The fourth-order valence-corrected chi connectivity index (χ4v) is 3.51. The van der Waals surface area contributed by atoms with Gasteiger partial charge in [0.25, 0.3) is 0 Å². The fraction of sp³-hybridized carbons (Fsp3) is 0.571. The predicted molar refractivity (Wildman–Crippen MR) is 109 cm³/mol. The molecule has 2 amide bonds. The first-order valence-corrected chi connectivity index (χ1v) is 10.0. The van der Waals surface area contributed by atoms with Gasteiger partial charge in [-0.3, -0.25) is 14.4 Å². The third kappa shape index (κ3) is 5.24. The summed E-state index contributed by atoms with van der Waals surface area (Å²) in [6, 6.07) is 5.77. The van der Waals surface area contributed by atoms with Crippen molar-refractivity contribution in [3.05, 3.63) is 23.8 Å². The zero-order valence-electron chi connectivity index (χ0n) is 17.3. The van der Waals surface area contributed by atoms with Gasteiger partial charge >= 0.3 is 17.8 Å².